The van der Waals surface area contributed by atoms with Gasteiger partial charge in [0.1, 0.15) is 0 Å². The van der Waals surface area contributed by atoms with Crippen molar-refractivity contribution in [2.75, 3.05) is 18.8 Å². The zero-order chi connectivity index (χ0) is 13.7. The Bertz CT molecular complexity index is 441. The van der Waals surface area contributed by atoms with Crippen LogP contribution < -0.4 is 5.73 Å². The molecule has 104 valence electrons. The molecule has 1 aliphatic heterocycles. The van der Waals surface area contributed by atoms with Crippen molar-refractivity contribution in [3.8, 4) is 0 Å². The summed E-state index contributed by atoms with van der Waals surface area (Å²) in [6.45, 7) is 1.46. The van der Waals surface area contributed by atoms with Gasteiger partial charge in [-0.05, 0) is 40.9 Å². The molecule has 0 radical (unpaired) electrons. The summed E-state index contributed by atoms with van der Waals surface area (Å²) in [5.41, 5.74) is 5.70. The topological polar surface area (TPSA) is 46.3 Å². The lowest BCUT2D eigenvalue weighted by atomic mass is 10.2. The number of hydrogen-bond acceptors (Lipinski definition) is 3. The van der Waals surface area contributed by atoms with Gasteiger partial charge in [-0.25, -0.2) is 0 Å². The minimum atomic E-state index is 0.243. The number of carbonyl (C=O) groups excluding carboxylic acids is 1. The summed E-state index contributed by atoms with van der Waals surface area (Å²) in [5.74, 6) is 1.06. The summed E-state index contributed by atoms with van der Waals surface area (Å²) < 4.78 is 1.09. The van der Waals surface area contributed by atoms with Crippen molar-refractivity contribution < 1.29 is 4.79 Å². The highest BCUT2D eigenvalue weighted by atomic mass is 79.9. The summed E-state index contributed by atoms with van der Waals surface area (Å²) >= 11 is 5.24. The van der Waals surface area contributed by atoms with Gasteiger partial charge in [-0.2, -0.15) is 0 Å². The molecule has 1 saturated heterocycles. The smallest absolute Gasteiger partial charge is 0.223 e. The molecule has 0 aliphatic carbocycles. The zero-order valence-electron chi connectivity index (χ0n) is 10.8. The van der Waals surface area contributed by atoms with Crippen LogP contribution in [0.15, 0.2) is 33.6 Å². The monoisotopic (exact) mass is 342 g/mol. The van der Waals surface area contributed by atoms with Crippen LogP contribution in [0.1, 0.15) is 19.3 Å². The van der Waals surface area contributed by atoms with Crippen LogP contribution in [0.5, 0.6) is 0 Å². The molecule has 1 fully saturated rings. The van der Waals surface area contributed by atoms with E-state index in [1.54, 1.807) is 11.8 Å². The molecule has 0 bridgehead atoms. The van der Waals surface area contributed by atoms with Crippen LogP contribution in [0.3, 0.4) is 0 Å². The normalized spacial score (nSPS) is 18.8. The van der Waals surface area contributed by atoms with Gasteiger partial charge in [0.15, 0.2) is 0 Å². The summed E-state index contributed by atoms with van der Waals surface area (Å²) in [5, 5.41) is 0. The second kappa shape index (κ2) is 7.31. The predicted octanol–water partition coefficient (Wildman–Crippen LogP) is 2.88. The number of thioether (sulfide) groups is 1. The summed E-state index contributed by atoms with van der Waals surface area (Å²) in [7, 11) is 0. The average Bonchev–Trinajstić information content (AvgIpc) is 2.89. The van der Waals surface area contributed by atoms with E-state index >= 15 is 0 Å². The van der Waals surface area contributed by atoms with Crippen molar-refractivity contribution in [2.24, 2.45) is 5.73 Å². The van der Waals surface area contributed by atoms with Gasteiger partial charge in [-0.1, -0.05) is 12.1 Å². The standard InChI is InChI=1S/C14H19BrN2OS/c15-12-5-1-2-6-13(12)19-9-7-14(18)17-8-3-4-11(17)10-16/h1-2,5-6,11H,3-4,7-10,16H2. The van der Waals surface area contributed by atoms with Gasteiger partial charge in [-0.3, -0.25) is 4.79 Å². The third-order valence-corrected chi connectivity index (χ3v) is 5.41. The van der Waals surface area contributed by atoms with E-state index in [-0.39, 0.29) is 11.9 Å². The maximum Gasteiger partial charge on any atom is 0.223 e. The highest BCUT2D eigenvalue weighted by Gasteiger charge is 2.26. The van der Waals surface area contributed by atoms with Gasteiger partial charge in [0.2, 0.25) is 5.91 Å². The van der Waals surface area contributed by atoms with Gasteiger partial charge < -0.3 is 10.6 Å². The molecule has 2 N–H and O–H groups in total. The average molecular weight is 343 g/mol. The van der Waals surface area contributed by atoms with Crippen LogP contribution in [0.25, 0.3) is 0 Å². The van der Waals surface area contributed by atoms with Crippen molar-refractivity contribution in [1.82, 2.24) is 4.90 Å². The fourth-order valence-corrected chi connectivity index (χ4v) is 3.87. The Labute approximate surface area is 127 Å². The molecule has 0 aromatic heterocycles. The van der Waals surface area contributed by atoms with Crippen molar-refractivity contribution in [3.05, 3.63) is 28.7 Å². The van der Waals surface area contributed by atoms with Crippen LogP contribution in [-0.2, 0) is 4.79 Å². The molecule has 1 aromatic carbocycles. The highest BCUT2D eigenvalue weighted by molar-refractivity contribution is 9.10. The van der Waals surface area contributed by atoms with Crippen LogP contribution >= 0.6 is 27.7 Å². The minimum absolute atomic E-state index is 0.243. The molecule has 1 heterocycles. The Kier molecular flexibility index (Phi) is 5.73. The SMILES string of the molecule is NCC1CCCN1C(=O)CCSc1ccccc1Br. The fourth-order valence-electron chi connectivity index (χ4n) is 2.36. The first-order valence-electron chi connectivity index (χ1n) is 6.59. The summed E-state index contributed by atoms with van der Waals surface area (Å²) in [6.07, 6.45) is 2.73. The number of amides is 1. The van der Waals surface area contributed by atoms with E-state index in [1.807, 2.05) is 23.1 Å². The Morgan fingerprint density at radius 3 is 3.00 bits per heavy atom. The Morgan fingerprint density at radius 2 is 2.26 bits per heavy atom. The molecule has 0 spiro atoms. The van der Waals surface area contributed by atoms with Gasteiger partial charge in [0, 0.05) is 40.7 Å². The van der Waals surface area contributed by atoms with Gasteiger partial charge in [0.05, 0.1) is 0 Å². The van der Waals surface area contributed by atoms with E-state index in [0.29, 0.717) is 13.0 Å². The van der Waals surface area contributed by atoms with Crippen molar-refractivity contribution in [2.45, 2.75) is 30.2 Å². The zero-order valence-corrected chi connectivity index (χ0v) is 13.3. The molecule has 1 unspecified atom stereocenters. The molecule has 0 saturated carbocycles. The van der Waals surface area contributed by atoms with E-state index in [2.05, 4.69) is 22.0 Å². The van der Waals surface area contributed by atoms with E-state index < -0.39 is 0 Å². The quantitative estimate of drug-likeness (QED) is 0.837. The molecule has 1 aromatic rings. The van der Waals surface area contributed by atoms with E-state index in [4.69, 9.17) is 5.73 Å². The molecular weight excluding hydrogens is 324 g/mol. The molecule has 1 aliphatic rings. The molecule has 1 atom stereocenters. The second-order valence-corrected chi connectivity index (χ2v) is 6.64. The Balaban J connectivity index is 1.80. The van der Waals surface area contributed by atoms with Crippen LogP contribution in [0.2, 0.25) is 0 Å². The Hall–Kier alpha value is -0.520. The summed E-state index contributed by atoms with van der Waals surface area (Å²) in [6, 6.07) is 8.36. The molecule has 2 rings (SSSR count). The van der Waals surface area contributed by atoms with Crippen molar-refractivity contribution in [3.63, 3.8) is 0 Å². The van der Waals surface area contributed by atoms with Gasteiger partial charge in [0.25, 0.3) is 0 Å². The van der Waals surface area contributed by atoms with Gasteiger partial charge >= 0.3 is 0 Å². The predicted molar refractivity (Wildman–Crippen MR) is 83.3 cm³/mol. The first-order chi connectivity index (χ1) is 9.22. The molecule has 1 amide bonds. The number of halogens is 1. The summed E-state index contributed by atoms with van der Waals surface area (Å²) in [4.78, 5) is 15.3. The molecule has 3 nitrogen and oxygen atoms in total. The maximum atomic E-state index is 12.1. The number of nitrogens with two attached hydrogens (primary N) is 1. The highest BCUT2D eigenvalue weighted by Crippen LogP contribution is 2.28. The lowest BCUT2D eigenvalue weighted by Gasteiger charge is -2.23. The minimum Gasteiger partial charge on any atom is -0.338 e. The van der Waals surface area contributed by atoms with Crippen LogP contribution in [-0.4, -0.2) is 35.7 Å². The van der Waals surface area contributed by atoms with Crippen LogP contribution in [0.4, 0.5) is 0 Å². The lowest BCUT2D eigenvalue weighted by molar-refractivity contribution is -0.131. The second-order valence-electron chi connectivity index (χ2n) is 4.65. The van der Waals surface area contributed by atoms with Crippen molar-refractivity contribution >= 4 is 33.6 Å². The van der Waals surface area contributed by atoms with Crippen molar-refractivity contribution in [1.29, 1.82) is 0 Å². The van der Waals surface area contributed by atoms with E-state index in [9.17, 15) is 4.79 Å². The first-order valence-corrected chi connectivity index (χ1v) is 8.37. The number of nitrogens with zero attached hydrogens (tertiary/aromatic N) is 1. The third-order valence-electron chi connectivity index (χ3n) is 3.38. The van der Waals surface area contributed by atoms with Gasteiger partial charge in [-0.15, -0.1) is 11.8 Å². The lowest BCUT2D eigenvalue weighted by Crippen LogP contribution is -2.40. The van der Waals surface area contributed by atoms with E-state index in [1.165, 1.54) is 4.90 Å². The Morgan fingerprint density at radius 1 is 1.47 bits per heavy atom. The number of benzene rings is 1. The molecule has 5 heteroatoms. The third kappa shape index (κ3) is 3.97. The largest absolute Gasteiger partial charge is 0.338 e. The number of likely N-dealkylation sites (tertiary alicyclic amines) is 1. The number of rotatable bonds is 5. The maximum absolute atomic E-state index is 12.1. The van der Waals surface area contributed by atoms with E-state index in [0.717, 1.165) is 29.6 Å². The number of hydrogen-bond donors (Lipinski definition) is 1. The number of carbonyl (C=O) groups is 1. The fraction of sp³-hybridized carbons (Fsp3) is 0.500. The first kappa shape index (κ1) is 14.9. The van der Waals surface area contributed by atoms with Crippen LogP contribution in [0, 0.1) is 0 Å². The molecule has 19 heavy (non-hydrogen) atoms. The molecular formula is C14H19BrN2OS.